The zero-order valence-electron chi connectivity index (χ0n) is 11.8. The first-order valence-electron chi connectivity index (χ1n) is 6.74. The number of aromatic nitrogens is 3. The van der Waals surface area contributed by atoms with Crippen LogP contribution in [0, 0.1) is 0 Å². The molecule has 1 aliphatic heterocycles. The highest BCUT2D eigenvalue weighted by atomic mass is 16.5. The van der Waals surface area contributed by atoms with E-state index < -0.39 is 0 Å². The van der Waals surface area contributed by atoms with Gasteiger partial charge in [-0.15, -0.1) is 0 Å². The Kier molecular flexibility index (Phi) is 4.54. The van der Waals surface area contributed by atoms with Crippen molar-refractivity contribution in [3.05, 3.63) is 0 Å². The van der Waals surface area contributed by atoms with Crippen LogP contribution in [0.1, 0.15) is 26.7 Å². The maximum atomic E-state index is 11.9. The average Bonchev–Trinajstić information content (AvgIpc) is 2.88. The second kappa shape index (κ2) is 6.36. The van der Waals surface area contributed by atoms with E-state index in [2.05, 4.69) is 20.3 Å². The molecule has 1 saturated heterocycles. The van der Waals surface area contributed by atoms with Gasteiger partial charge in [0.1, 0.15) is 0 Å². The van der Waals surface area contributed by atoms with Gasteiger partial charge in [0.25, 0.3) is 0 Å². The van der Waals surface area contributed by atoms with Gasteiger partial charge in [0, 0.05) is 13.1 Å². The van der Waals surface area contributed by atoms with E-state index in [0.717, 1.165) is 25.9 Å². The molecule has 0 saturated carbocycles. The minimum atomic E-state index is -0.0594. The lowest BCUT2D eigenvalue weighted by atomic mass is 10.4. The van der Waals surface area contributed by atoms with Crippen molar-refractivity contribution in [2.75, 3.05) is 30.7 Å². The summed E-state index contributed by atoms with van der Waals surface area (Å²) in [5.41, 5.74) is 5.59. The first-order chi connectivity index (χ1) is 9.54. The van der Waals surface area contributed by atoms with Crippen molar-refractivity contribution in [3.63, 3.8) is 0 Å². The monoisotopic (exact) mass is 280 g/mol. The third-order valence-corrected chi connectivity index (χ3v) is 2.83. The van der Waals surface area contributed by atoms with Crippen LogP contribution in [0.2, 0.25) is 0 Å². The Bertz CT molecular complexity index is 473. The first-order valence-corrected chi connectivity index (χ1v) is 6.74. The lowest BCUT2D eigenvalue weighted by molar-refractivity contribution is -0.128. The number of nitrogen functional groups attached to an aromatic ring is 1. The molecule has 8 heteroatoms. The number of anilines is 2. The summed E-state index contributed by atoms with van der Waals surface area (Å²) in [4.78, 5) is 25.6. The summed E-state index contributed by atoms with van der Waals surface area (Å²) in [7, 11) is 0. The molecule has 3 N–H and O–H groups in total. The first kappa shape index (κ1) is 14.3. The van der Waals surface area contributed by atoms with Crippen LogP contribution in [0.15, 0.2) is 0 Å². The average molecular weight is 280 g/mol. The van der Waals surface area contributed by atoms with Crippen molar-refractivity contribution in [2.45, 2.75) is 32.8 Å². The predicted octanol–water partition coefficient (Wildman–Crippen LogP) is 0.275. The number of nitrogens with zero attached hydrogens (tertiary/aromatic N) is 4. The molecule has 1 aliphatic rings. The molecule has 110 valence electrons. The molecule has 1 fully saturated rings. The highest BCUT2D eigenvalue weighted by Crippen LogP contribution is 2.11. The van der Waals surface area contributed by atoms with Crippen LogP contribution >= 0.6 is 0 Å². The zero-order chi connectivity index (χ0) is 14.5. The Morgan fingerprint density at radius 3 is 2.70 bits per heavy atom. The lowest BCUT2D eigenvalue weighted by Gasteiger charge is -2.15. The third-order valence-electron chi connectivity index (χ3n) is 2.83. The number of rotatable bonds is 5. The van der Waals surface area contributed by atoms with E-state index in [4.69, 9.17) is 10.5 Å². The topological polar surface area (TPSA) is 106 Å². The minimum absolute atomic E-state index is 0.0350. The van der Waals surface area contributed by atoms with Gasteiger partial charge >= 0.3 is 6.01 Å². The molecule has 2 rings (SSSR count). The van der Waals surface area contributed by atoms with Crippen LogP contribution in [0.4, 0.5) is 11.9 Å². The number of ether oxygens (including phenoxy) is 1. The number of hydrogen-bond acceptors (Lipinski definition) is 7. The van der Waals surface area contributed by atoms with Gasteiger partial charge in [-0.05, 0) is 26.7 Å². The molecule has 0 aromatic carbocycles. The molecule has 2 heterocycles. The predicted molar refractivity (Wildman–Crippen MR) is 74.3 cm³/mol. The van der Waals surface area contributed by atoms with Crippen LogP contribution in [0.5, 0.6) is 6.01 Å². The molecule has 1 amide bonds. The smallest absolute Gasteiger partial charge is 0.323 e. The van der Waals surface area contributed by atoms with Crippen molar-refractivity contribution in [1.82, 2.24) is 19.9 Å². The third kappa shape index (κ3) is 3.94. The fourth-order valence-corrected chi connectivity index (χ4v) is 1.95. The molecule has 0 atom stereocenters. The molecular formula is C12H20N6O2. The van der Waals surface area contributed by atoms with Crippen LogP contribution in [-0.2, 0) is 4.79 Å². The largest absolute Gasteiger partial charge is 0.461 e. The van der Waals surface area contributed by atoms with Gasteiger partial charge in [-0.1, -0.05) is 0 Å². The van der Waals surface area contributed by atoms with Crippen molar-refractivity contribution < 1.29 is 9.53 Å². The summed E-state index contributed by atoms with van der Waals surface area (Å²) >= 11 is 0. The summed E-state index contributed by atoms with van der Waals surface area (Å²) in [5, 5.41) is 2.86. The quantitative estimate of drug-likeness (QED) is 0.797. The second-order valence-electron chi connectivity index (χ2n) is 4.91. The minimum Gasteiger partial charge on any atom is -0.461 e. The molecule has 1 aromatic heterocycles. The van der Waals surface area contributed by atoms with E-state index >= 15 is 0 Å². The Morgan fingerprint density at radius 1 is 1.35 bits per heavy atom. The normalized spacial score (nSPS) is 14.7. The SMILES string of the molecule is CC(C)Oc1nc(N)nc(NCC(=O)N2CCCC2)n1. The number of nitrogens with one attached hydrogen (secondary N) is 1. The summed E-state index contributed by atoms with van der Waals surface area (Å²) in [5.74, 6) is 0.347. The molecule has 0 spiro atoms. The van der Waals surface area contributed by atoms with Crippen LogP contribution in [0.25, 0.3) is 0 Å². The van der Waals surface area contributed by atoms with Crippen molar-refractivity contribution >= 4 is 17.8 Å². The Morgan fingerprint density at radius 2 is 2.05 bits per heavy atom. The standard InChI is InChI=1S/C12H20N6O2/c1-8(2)20-12-16-10(13)15-11(17-12)14-7-9(19)18-5-3-4-6-18/h8H,3-7H2,1-2H3,(H3,13,14,15,16,17). The number of nitrogens with two attached hydrogens (primary N) is 1. The molecule has 0 aliphatic carbocycles. The number of amides is 1. The lowest BCUT2D eigenvalue weighted by Crippen LogP contribution is -2.33. The molecule has 0 unspecified atom stereocenters. The van der Waals surface area contributed by atoms with Gasteiger partial charge in [-0.2, -0.15) is 15.0 Å². The molecule has 20 heavy (non-hydrogen) atoms. The molecular weight excluding hydrogens is 260 g/mol. The molecule has 1 aromatic rings. The number of carbonyl (C=O) groups is 1. The van der Waals surface area contributed by atoms with E-state index in [0.29, 0.717) is 0 Å². The maximum absolute atomic E-state index is 11.9. The van der Waals surface area contributed by atoms with Gasteiger partial charge in [-0.25, -0.2) is 0 Å². The van der Waals surface area contributed by atoms with E-state index in [9.17, 15) is 4.79 Å². The Hall–Kier alpha value is -2.12. The maximum Gasteiger partial charge on any atom is 0.323 e. The molecule has 0 bridgehead atoms. The zero-order valence-corrected chi connectivity index (χ0v) is 11.8. The summed E-state index contributed by atoms with van der Waals surface area (Å²) in [6.45, 7) is 5.52. The van der Waals surface area contributed by atoms with Crippen LogP contribution < -0.4 is 15.8 Å². The van der Waals surface area contributed by atoms with E-state index in [1.807, 2.05) is 18.7 Å². The van der Waals surface area contributed by atoms with E-state index in [1.54, 1.807) is 0 Å². The summed E-state index contributed by atoms with van der Waals surface area (Å²) in [6.07, 6.45) is 2.07. The number of carbonyl (C=O) groups excluding carboxylic acids is 1. The van der Waals surface area contributed by atoms with Crippen molar-refractivity contribution in [2.24, 2.45) is 0 Å². The van der Waals surface area contributed by atoms with Gasteiger partial charge in [-0.3, -0.25) is 4.79 Å². The Balaban J connectivity index is 1.94. The van der Waals surface area contributed by atoms with Gasteiger partial charge in [0.2, 0.25) is 17.8 Å². The number of hydrogen-bond donors (Lipinski definition) is 2. The Labute approximate surface area is 117 Å². The summed E-state index contributed by atoms with van der Waals surface area (Å²) in [6, 6.07) is 0.156. The fraction of sp³-hybridized carbons (Fsp3) is 0.667. The van der Waals surface area contributed by atoms with E-state index in [1.165, 1.54) is 0 Å². The second-order valence-corrected chi connectivity index (χ2v) is 4.91. The number of likely N-dealkylation sites (tertiary alicyclic amines) is 1. The molecule has 8 nitrogen and oxygen atoms in total. The van der Waals surface area contributed by atoms with Crippen molar-refractivity contribution in [1.29, 1.82) is 0 Å². The highest BCUT2D eigenvalue weighted by molar-refractivity contribution is 5.80. The highest BCUT2D eigenvalue weighted by Gasteiger charge is 2.18. The van der Waals surface area contributed by atoms with Crippen LogP contribution in [0.3, 0.4) is 0 Å². The van der Waals surface area contributed by atoms with Crippen molar-refractivity contribution in [3.8, 4) is 6.01 Å². The van der Waals surface area contributed by atoms with Gasteiger partial charge in [0.15, 0.2) is 0 Å². The van der Waals surface area contributed by atoms with Gasteiger partial charge in [0.05, 0.1) is 12.6 Å². The van der Waals surface area contributed by atoms with Gasteiger partial charge < -0.3 is 20.7 Å². The van der Waals surface area contributed by atoms with E-state index in [-0.39, 0.29) is 36.5 Å². The fourth-order valence-electron chi connectivity index (χ4n) is 1.95. The van der Waals surface area contributed by atoms with Crippen LogP contribution in [-0.4, -0.2) is 51.5 Å². The summed E-state index contributed by atoms with van der Waals surface area (Å²) < 4.78 is 5.36. The molecule has 0 radical (unpaired) electrons.